The molecule has 0 bridgehead atoms. The highest BCUT2D eigenvalue weighted by atomic mass is 16.8. The fourth-order valence-electron chi connectivity index (χ4n) is 6.59. The van der Waals surface area contributed by atoms with E-state index in [1.54, 1.807) is 6.08 Å². The van der Waals surface area contributed by atoms with Crippen molar-refractivity contribution in [3.8, 4) is 0 Å². The molecule has 6 aliphatic rings. The van der Waals surface area contributed by atoms with E-state index in [4.69, 9.17) is 66.3 Å². The van der Waals surface area contributed by atoms with Crippen LogP contribution in [0.15, 0.2) is 12.7 Å². The summed E-state index contributed by atoms with van der Waals surface area (Å²) in [6, 6.07) is 0. The lowest BCUT2D eigenvalue weighted by Gasteiger charge is -2.48. The van der Waals surface area contributed by atoms with Gasteiger partial charge >= 0.3 is 0 Å². The van der Waals surface area contributed by atoms with Gasteiger partial charge in [-0.25, -0.2) is 0 Å². The monoisotopic (exact) mass is 646 g/mol. The van der Waals surface area contributed by atoms with Crippen molar-refractivity contribution in [1.29, 1.82) is 0 Å². The van der Waals surface area contributed by atoms with E-state index in [1.165, 1.54) is 0 Å². The Labute approximate surface area is 265 Å². The van der Waals surface area contributed by atoms with Crippen LogP contribution in [0.1, 0.15) is 55.4 Å². The van der Waals surface area contributed by atoms with Crippen LogP contribution < -0.4 is 0 Å². The molecular weight excluding hydrogens is 596 g/mol. The minimum absolute atomic E-state index is 0.224. The molecule has 6 rings (SSSR count). The molecule has 6 heterocycles. The first-order valence-electron chi connectivity index (χ1n) is 15.9. The summed E-state index contributed by atoms with van der Waals surface area (Å²) in [5, 5.41) is 0. The first-order valence-corrected chi connectivity index (χ1v) is 15.9. The topological polar surface area (TPSA) is 129 Å². The van der Waals surface area contributed by atoms with E-state index in [0.717, 1.165) is 0 Å². The van der Waals surface area contributed by atoms with Gasteiger partial charge in [-0.3, -0.25) is 0 Å². The first kappa shape index (κ1) is 34.1. The van der Waals surface area contributed by atoms with E-state index in [-0.39, 0.29) is 63.1 Å². The number of fused-ring (bicyclic) bond motifs is 6. The lowest BCUT2D eigenvalue weighted by molar-refractivity contribution is -0.371. The zero-order valence-electron chi connectivity index (χ0n) is 27.6. The van der Waals surface area contributed by atoms with Gasteiger partial charge in [0.15, 0.2) is 42.0 Å². The normalized spacial score (nSPS) is 43.0. The van der Waals surface area contributed by atoms with Crippen LogP contribution in [0.25, 0.3) is 0 Å². The van der Waals surface area contributed by atoms with Crippen molar-refractivity contribution in [1.82, 2.24) is 0 Å². The van der Waals surface area contributed by atoms with Crippen LogP contribution in [0.2, 0.25) is 0 Å². The Morgan fingerprint density at radius 3 is 1.33 bits per heavy atom. The van der Waals surface area contributed by atoms with E-state index in [9.17, 15) is 0 Å². The van der Waals surface area contributed by atoms with Crippen molar-refractivity contribution in [2.24, 2.45) is 0 Å². The highest BCUT2D eigenvalue weighted by molar-refractivity contribution is 5.00. The third-order valence-electron chi connectivity index (χ3n) is 8.38. The van der Waals surface area contributed by atoms with Gasteiger partial charge in [0.25, 0.3) is 0 Å². The third kappa shape index (κ3) is 7.75. The average Bonchev–Trinajstić information content (AvgIpc) is 3.47. The Morgan fingerprint density at radius 2 is 0.933 bits per heavy atom. The van der Waals surface area contributed by atoms with Crippen molar-refractivity contribution in [3.63, 3.8) is 0 Å². The molecule has 0 aromatic carbocycles. The summed E-state index contributed by atoms with van der Waals surface area (Å²) in [6.45, 7) is 20.4. The first-order chi connectivity index (χ1) is 21.1. The molecule has 258 valence electrons. The van der Waals surface area contributed by atoms with Gasteiger partial charge in [0.1, 0.15) is 48.8 Å². The van der Waals surface area contributed by atoms with E-state index < -0.39 is 54.2 Å². The third-order valence-corrected chi connectivity index (χ3v) is 8.38. The van der Waals surface area contributed by atoms with Gasteiger partial charge in [0.05, 0.1) is 39.6 Å². The van der Waals surface area contributed by atoms with Crippen LogP contribution in [0.5, 0.6) is 0 Å². The number of hydrogen-bond acceptors (Lipinski definition) is 14. The van der Waals surface area contributed by atoms with Crippen LogP contribution in [0.3, 0.4) is 0 Å². The summed E-state index contributed by atoms with van der Waals surface area (Å²) >= 11 is 0. The maximum Gasteiger partial charge on any atom is 0.187 e. The minimum Gasteiger partial charge on any atom is -0.348 e. The molecular formula is C31H50O14. The van der Waals surface area contributed by atoms with E-state index in [2.05, 4.69) is 6.58 Å². The molecule has 0 amide bonds. The molecule has 6 fully saturated rings. The van der Waals surface area contributed by atoms with Gasteiger partial charge in [0, 0.05) is 0 Å². The molecule has 10 atom stereocenters. The molecule has 0 aliphatic carbocycles. The Balaban J connectivity index is 0.937. The molecule has 0 unspecified atom stereocenters. The standard InChI is InChI=1S/C31H50O14/c1-10-19(32-11-13-34-26-24-22(42-30(6,7)44-24)20-17(38-26)15-36-28(2,3)40-20)33-12-14-35-27-25-23(43-31(8,9)45-25)21-18(39-27)16-37-29(4,5)41-21/h10,17-27H,1,11-16H2,2-9H3/t17-,18-,20-,21-,22+,23+,24+,25+,26+,27+/m1/s1. The summed E-state index contributed by atoms with van der Waals surface area (Å²) < 4.78 is 84.8. The Hall–Kier alpha value is -0.820. The number of ether oxygens (including phenoxy) is 14. The van der Waals surface area contributed by atoms with Gasteiger partial charge in [-0.2, -0.15) is 0 Å². The summed E-state index contributed by atoms with van der Waals surface area (Å²) in [7, 11) is 0. The van der Waals surface area contributed by atoms with Crippen molar-refractivity contribution < 1.29 is 66.3 Å². The Bertz CT molecular complexity index is 958. The molecule has 14 heteroatoms. The molecule has 45 heavy (non-hydrogen) atoms. The molecule has 0 radical (unpaired) electrons. The Kier molecular flexibility index (Phi) is 9.76. The highest BCUT2D eigenvalue weighted by Gasteiger charge is 2.60. The molecule has 0 N–H and O–H groups in total. The van der Waals surface area contributed by atoms with Crippen LogP contribution >= 0.6 is 0 Å². The van der Waals surface area contributed by atoms with Crippen LogP contribution in [-0.4, -0.2) is 130 Å². The number of rotatable bonds is 11. The quantitative estimate of drug-likeness (QED) is 0.185. The van der Waals surface area contributed by atoms with Gasteiger partial charge in [0.2, 0.25) is 0 Å². The molecule has 14 nitrogen and oxygen atoms in total. The second-order valence-corrected chi connectivity index (χ2v) is 13.9. The molecule has 0 aromatic rings. The average molecular weight is 647 g/mol. The van der Waals surface area contributed by atoms with Crippen LogP contribution in [-0.2, 0) is 66.3 Å². The molecule has 0 aromatic heterocycles. The summed E-state index contributed by atoms with van der Waals surface area (Å²) in [4.78, 5) is 0. The summed E-state index contributed by atoms with van der Waals surface area (Å²) in [6.07, 6.45) is -3.47. The van der Waals surface area contributed by atoms with Crippen LogP contribution in [0, 0.1) is 0 Å². The van der Waals surface area contributed by atoms with Crippen molar-refractivity contribution in [2.45, 2.75) is 146 Å². The van der Waals surface area contributed by atoms with E-state index in [0.29, 0.717) is 13.2 Å². The van der Waals surface area contributed by atoms with Gasteiger partial charge in [-0.1, -0.05) is 6.58 Å². The molecule has 0 spiro atoms. The fraction of sp³-hybridized carbons (Fsp3) is 0.935. The number of hydrogen-bond donors (Lipinski definition) is 0. The highest BCUT2D eigenvalue weighted by Crippen LogP contribution is 2.43. The predicted molar refractivity (Wildman–Crippen MR) is 153 cm³/mol. The molecule has 0 saturated carbocycles. The fourth-order valence-corrected chi connectivity index (χ4v) is 6.59. The maximum atomic E-state index is 6.20. The summed E-state index contributed by atoms with van der Waals surface area (Å²) in [5.41, 5.74) is 0. The SMILES string of the molecule is C=CC(OCCO[C@H]1O[C@@H]2COC(C)(C)O[C@H]2[C@@H]2OC(C)(C)O[C@H]12)OCCO[C@H]1O[C@@H]2COC(C)(C)O[C@H]2[C@@H]2OC(C)(C)O[C@H]12. The van der Waals surface area contributed by atoms with Gasteiger partial charge < -0.3 is 66.3 Å². The van der Waals surface area contributed by atoms with Crippen molar-refractivity contribution in [3.05, 3.63) is 12.7 Å². The second-order valence-electron chi connectivity index (χ2n) is 13.9. The second kappa shape index (κ2) is 12.9. The smallest absolute Gasteiger partial charge is 0.187 e. The maximum absolute atomic E-state index is 6.20. The van der Waals surface area contributed by atoms with Crippen molar-refractivity contribution in [2.75, 3.05) is 39.6 Å². The van der Waals surface area contributed by atoms with E-state index in [1.807, 2.05) is 55.4 Å². The Morgan fingerprint density at radius 1 is 0.556 bits per heavy atom. The van der Waals surface area contributed by atoms with Crippen LogP contribution in [0.4, 0.5) is 0 Å². The minimum atomic E-state index is -0.797. The summed E-state index contributed by atoms with van der Waals surface area (Å²) in [5.74, 6) is -3.07. The van der Waals surface area contributed by atoms with E-state index >= 15 is 0 Å². The zero-order valence-corrected chi connectivity index (χ0v) is 27.6. The van der Waals surface area contributed by atoms with Gasteiger partial charge in [-0.05, 0) is 61.5 Å². The molecule has 6 saturated heterocycles. The lowest BCUT2D eigenvalue weighted by atomic mass is 9.97. The van der Waals surface area contributed by atoms with Crippen molar-refractivity contribution >= 4 is 0 Å². The molecule has 6 aliphatic heterocycles. The lowest BCUT2D eigenvalue weighted by Crippen LogP contribution is -2.64. The predicted octanol–water partition coefficient (Wildman–Crippen LogP) is 2.36. The van der Waals surface area contributed by atoms with Gasteiger partial charge in [-0.15, -0.1) is 0 Å². The largest absolute Gasteiger partial charge is 0.348 e. The zero-order chi connectivity index (χ0) is 32.2.